The summed E-state index contributed by atoms with van der Waals surface area (Å²) in [6.45, 7) is 4.42. The van der Waals surface area contributed by atoms with Crippen LogP contribution in [0.1, 0.15) is 46.0 Å². The first-order valence-corrected chi connectivity index (χ1v) is 7.73. The van der Waals surface area contributed by atoms with Crippen molar-refractivity contribution in [1.29, 1.82) is 0 Å². The standard InChI is InChI=1S/C15H26N2O3/c1-10(2)13(9-18)16-15(20)11-7-14(19)17(8-11)12-5-3-4-6-12/h10-13,18H,3-9H2,1-2H3,(H,16,20)/t11?,13-/m1/s1. The van der Waals surface area contributed by atoms with E-state index in [1.54, 1.807) is 0 Å². The molecule has 0 aromatic heterocycles. The van der Waals surface area contributed by atoms with E-state index in [0.717, 1.165) is 12.8 Å². The zero-order valence-corrected chi connectivity index (χ0v) is 12.5. The Balaban J connectivity index is 1.90. The van der Waals surface area contributed by atoms with Crippen molar-refractivity contribution < 1.29 is 14.7 Å². The Kier molecular flexibility index (Phi) is 5.02. The molecule has 2 fully saturated rings. The molecule has 5 nitrogen and oxygen atoms in total. The lowest BCUT2D eigenvalue weighted by atomic mass is 10.0. The van der Waals surface area contributed by atoms with Gasteiger partial charge in [0.05, 0.1) is 18.6 Å². The van der Waals surface area contributed by atoms with Crippen molar-refractivity contribution in [3.8, 4) is 0 Å². The molecule has 2 rings (SSSR count). The molecule has 1 aliphatic carbocycles. The van der Waals surface area contributed by atoms with Crippen LogP contribution >= 0.6 is 0 Å². The first-order valence-electron chi connectivity index (χ1n) is 7.73. The molecule has 0 radical (unpaired) electrons. The van der Waals surface area contributed by atoms with Crippen LogP contribution in [0.3, 0.4) is 0 Å². The fraction of sp³-hybridized carbons (Fsp3) is 0.867. The van der Waals surface area contributed by atoms with E-state index in [1.165, 1.54) is 12.8 Å². The van der Waals surface area contributed by atoms with Crippen LogP contribution < -0.4 is 5.32 Å². The average Bonchev–Trinajstić information content (AvgIpc) is 3.03. The van der Waals surface area contributed by atoms with Crippen LogP contribution in [0.4, 0.5) is 0 Å². The molecule has 2 atom stereocenters. The second kappa shape index (κ2) is 6.57. The van der Waals surface area contributed by atoms with Gasteiger partial charge in [0.1, 0.15) is 0 Å². The first kappa shape index (κ1) is 15.3. The molecule has 1 unspecified atom stereocenters. The largest absolute Gasteiger partial charge is 0.394 e. The van der Waals surface area contributed by atoms with Gasteiger partial charge in [0.15, 0.2) is 0 Å². The van der Waals surface area contributed by atoms with E-state index >= 15 is 0 Å². The van der Waals surface area contributed by atoms with E-state index in [9.17, 15) is 14.7 Å². The predicted octanol–water partition coefficient (Wildman–Crippen LogP) is 0.911. The summed E-state index contributed by atoms with van der Waals surface area (Å²) < 4.78 is 0. The Morgan fingerprint density at radius 2 is 2.05 bits per heavy atom. The third kappa shape index (κ3) is 3.32. The summed E-state index contributed by atoms with van der Waals surface area (Å²) in [5.74, 6) is -0.0448. The fourth-order valence-electron chi connectivity index (χ4n) is 3.20. The van der Waals surface area contributed by atoms with Crippen molar-refractivity contribution in [2.75, 3.05) is 13.2 Å². The number of rotatable bonds is 5. The normalized spacial score (nSPS) is 25.5. The van der Waals surface area contributed by atoms with E-state index in [2.05, 4.69) is 5.32 Å². The number of amides is 2. The van der Waals surface area contributed by atoms with Gasteiger partial charge in [-0.2, -0.15) is 0 Å². The molecule has 2 aliphatic rings. The Morgan fingerprint density at radius 1 is 1.40 bits per heavy atom. The molecule has 1 saturated heterocycles. The second-order valence-electron chi connectivity index (χ2n) is 6.43. The monoisotopic (exact) mass is 282 g/mol. The van der Waals surface area contributed by atoms with Crippen LogP contribution in [0.25, 0.3) is 0 Å². The molecule has 1 aliphatic heterocycles. The summed E-state index contributed by atoms with van der Waals surface area (Å²) >= 11 is 0. The molecular weight excluding hydrogens is 256 g/mol. The Labute approximate surface area is 120 Å². The highest BCUT2D eigenvalue weighted by atomic mass is 16.3. The van der Waals surface area contributed by atoms with Crippen molar-refractivity contribution in [3.05, 3.63) is 0 Å². The molecule has 1 saturated carbocycles. The highest BCUT2D eigenvalue weighted by molar-refractivity contribution is 5.89. The Bertz CT molecular complexity index is 364. The maximum atomic E-state index is 12.2. The zero-order chi connectivity index (χ0) is 14.7. The van der Waals surface area contributed by atoms with Gasteiger partial charge in [0.25, 0.3) is 0 Å². The first-order chi connectivity index (χ1) is 9.52. The summed E-state index contributed by atoms with van der Waals surface area (Å²) in [6, 6.07) is 0.122. The van der Waals surface area contributed by atoms with Crippen LogP contribution in [-0.4, -0.2) is 47.1 Å². The predicted molar refractivity (Wildman–Crippen MR) is 75.9 cm³/mol. The van der Waals surface area contributed by atoms with Gasteiger partial charge in [-0.3, -0.25) is 9.59 Å². The van der Waals surface area contributed by atoms with Gasteiger partial charge < -0.3 is 15.3 Å². The van der Waals surface area contributed by atoms with E-state index in [-0.39, 0.29) is 36.3 Å². The summed E-state index contributed by atoms with van der Waals surface area (Å²) in [5.41, 5.74) is 0. The van der Waals surface area contributed by atoms with Gasteiger partial charge in [0.2, 0.25) is 11.8 Å². The van der Waals surface area contributed by atoms with Crippen LogP contribution in [0.5, 0.6) is 0 Å². The number of aliphatic hydroxyl groups excluding tert-OH is 1. The number of hydrogen-bond donors (Lipinski definition) is 2. The molecule has 5 heteroatoms. The lowest BCUT2D eigenvalue weighted by Crippen LogP contribution is -2.44. The van der Waals surface area contributed by atoms with Gasteiger partial charge in [-0.15, -0.1) is 0 Å². The Hall–Kier alpha value is -1.10. The van der Waals surface area contributed by atoms with Crippen molar-refractivity contribution in [2.24, 2.45) is 11.8 Å². The number of hydrogen-bond acceptors (Lipinski definition) is 3. The molecule has 0 aromatic rings. The molecule has 0 spiro atoms. The average molecular weight is 282 g/mol. The maximum absolute atomic E-state index is 12.2. The molecule has 20 heavy (non-hydrogen) atoms. The smallest absolute Gasteiger partial charge is 0.225 e. The minimum Gasteiger partial charge on any atom is -0.394 e. The lowest BCUT2D eigenvalue weighted by Gasteiger charge is -2.25. The summed E-state index contributed by atoms with van der Waals surface area (Å²) in [4.78, 5) is 26.2. The summed E-state index contributed by atoms with van der Waals surface area (Å²) in [7, 11) is 0. The van der Waals surface area contributed by atoms with E-state index < -0.39 is 0 Å². The molecule has 1 heterocycles. The van der Waals surface area contributed by atoms with Crippen molar-refractivity contribution in [3.63, 3.8) is 0 Å². The summed E-state index contributed by atoms with van der Waals surface area (Å²) in [6.07, 6.45) is 4.84. The molecule has 2 N–H and O–H groups in total. The summed E-state index contributed by atoms with van der Waals surface area (Å²) in [5, 5.41) is 12.1. The van der Waals surface area contributed by atoms with Gasteiger partial charge in [-0.05, 0) is 18.8 Å². The number of aliphatic hydroxyl groups is 1. The maximum Gasteiger partial charge on any atom is 0.225 e. The van der Waals surface area contributed by atoms with Crippen LogP contribution in [0.2, 0.25) is 0 Å². The third-order valence-electron chi connectivity index (χ3n) is 4.62. The number of carbonyl (C=O) groups is 2. The van der Waals surface area contributed by atoms with Crippen LogP contribution in [0.15, 0.2) is 0 Å². The van der Waals surface area contributed by atoms with E-state index in [4.69, 9.17) is 0 Å². The molecule has 0 aromatic carbocycles. The number of likely N-dealkylation sites (tertiary alicyclic amines) is 1. The SMILES string of the molecule is CC(C)[C@@H](CO)NC(=O)C1CC(=O)N(C2CCCC2)C1. The highest BCUT2D eigenvalue weighted by Crippen LogP contribution is 2.29. The molecule has 0 bridgehead atoms. The zero-order valence-electron chi connectivity index (χ0n) is 12.5. The van der Waals surface area contributed by atoms with Crippen LogP contribution in [-0.2, 0) is 9.59 Å². The molecule has 2 amide bonds. The minimum absolute atomic E-state index is 0.0591. The quantitative estimate of drug-likeness (QED) is 0.787. The number of nitrogens with zero attached hydrogens (tertiary/aromatic N) is 1. The highest BCUT2D eigenvalue weighted by Gasteiger charge is 2.39. The van der Waals surface area contributed by atoms with E-state index in [0.29, 0.717) is 19.0 Å². The van der Waals surface area contributed by atoms with Crippen molar-refractivity contribution in [2.45, 2.75) is 58.0 Å². The number of nitrogens with one attached hydrogen (secondary N) is 1. The second-order valence-corrected chi connectivity index (χ2v) is 6.43. The van der Waals surface area contributed by atoms with Gasteiger partial charge in [-0.1, -0.05) is 26.7 Å². The third-order valence-corrected chi connectivity index (χ3v) is 4.62. The van der Waals surface area contributed by atoms with Gasteiger partial charge >= 0.3 is 0 Å². The minimum atomic E-state index is -0.254. The Morgan fingerprint density at radius 3 is 2.60 bits per heavy atom. The van der Waals surface area contributed by atoms with Gasteiger partial charge in [0, 0.05) is 19.0 Å². The topological polar surface area (TPSA) is 69.6 Å². The molecule has 114 valence electrons. The van der Waals surface area contributed by atoms with E-state index in [1.807, 2.05) is 18.7 Å². The van der Waals surface area contributed by atoms with Crippen LogP contribution in [0, 0.1) is 11.8 Å². The van der Waals surface area contributed by atoms with Crippen molar-refractivity contribution in [1.82, 2.24) is 10.2 Å². The number of carbonyl (C=O) groups excluding carboxylic acids is 2. The van der Waals surface area contributed by atoms with Crippen molar-refractivity contribution >= 4 is 11.8 Å². The molecular formula is C15H26N2O3. The fourth-order valence-corrected chi connectivity index (χ4v) is 3.20. The lowest BCUT2D eigenvalue weighted by molar-refractivity contribution is -0.130. The van der Waals surface area contributed by atoms with Gasteiger partial charge in [-0.25, -0.2) is 0 Å².